The largest absolute Gasteiger partial charge is 0.391 e. The zero-order valence-corrected chi connectivity index (χ0v) is 16.1. The average Bonchev–Trinajstić information content (AvgIpc) is 2.52. The molecule has 136 valence electrons. The van der Waals surface area contributed by atoms with Gasteiger partial charge in [0.2, 0.25) is 0 Å². The molecule has 0 aromatic heterocycles. The minimum atomic E-state index is -0.480. The summed E-state index contributed by atoms with van der Waals surface area (Å²) in [4.78, 5) is 0. The van der Waals surface area contributed by atoms with Gasteiger partial charge in [-0.25, -0.2) is 0 Å². The molecule has 0 rings (SSSR count). The number of aliphatic hydroxyl groups is 1. The van der Waals surface area contributed by atoms with Crippen LogP contribution in [0.3, 0.4) is 0 Å². The van der Waals surface area contributed by atoms with Crippen LogP contribution in [0.1, 0.15) is 73.1 Å². The lowest BCUT2D eigenvalue weighted by Crippen LogP contribution is -2.38. The Balaban J connectivity index is 4.31. The molecule has 0 unspecified atom stereocenters. The Morgan fingerprint density at radius 2 is 1.65 bits per heavy atom. The lowest BCUT2D eigenvalue weighted by molar-refractivity contribution is -0.125. The van der Waals surface area contributed by atoms with Crippen LogP contribution in [0.15, 0.2) is 0 Å². The van der Waals surface area contributed by atoms with Gasteiger partial charge in [-0.1, -0.05) is 59.3 Å². The van der Waals surface area contributed by atoms with E-state index in [1.54, 1.807) is 7.11 Å². The molecule has 0 aliphatic rings. The molecular formula is C20H38O3. The second-order valence-corrected chi connectivity index (χ2v) is 6.91. The fourth-order valence-electron chi connectivity index (χ4n) is 2.88. The van der Waals surface area contributed by atoms with Crippen LogP contribution in [-0.2, 0) is 9.47 Å². The number of rotatable bonds is 12. The van der Waals surface area contributed by atoms with Gasteiger partial charge in [0.15, 0.2) is 0 Å². The zero-order valence-electron chi connectivity index (χ0n) is 16.1. The Morgan fingerprint density at radius 1 is 1.00 bits per heavy atom. The third-order valence-corrected chi connectivity index (χ3v) is 4.34. The predicted molar refractivity (Wildman–Crippen MR) is 97.1 cm³/mol. The fourth-order valence-corrected chi connectivity index (χ4v) is 2.88. The first-order chi connectivity index (χ1) is 11.0. The van der Waals surface area contributed by atoms with Crippen LogP contribution in [0.4, 0.5) is 0 Å². The number of unbranched alkanes of at least 4 members (excludes halogenated alkanes) is 5. The van der Waals surface area contributed by atoms with Gasteiger partial charge < -0.3 is 14.6 Å². The van der Waals surface area contributed by atoms with Gasteiger partial charge in [-0.05, 0) is 19.3 Å². The van der Waals surface area contributed by atoms with Gasteiger partial charge in [0.05, 0.1) is 12.2 Å². The van der Waals surface area contributed by atoms with Crippen LogP contribution in [0, 0.1) is 29.6 Å². The SMILES string of the molecule is CCCCCCCC#C[C@H](C)[C@H](O)[C@@H](C)[C@@H](OCOC)C(C)C. The summed E-state index contributed by atoms with van der Waals surface area (Å²) in [5, 5.41) is 10.6. The summed E-state index contributed by atoms with van der Waals surface area (Å²) in [6, 6.07) is 0. The Morgan fingerprint density at radius 3 is 2.22 bits per heavy atom. The molecule has 0 amide bonds. The van der Waals surface area contributed by atoms with E-state index in [1.165, 1.54) is 25.7 Å². The van der Waals surface area contributed by atoms with Crippen molar-refractivity contribution in [1.29, 1.82) is 0 Å². The molecule has 0 aliphatic carbocycles. The average molecular weight is 327 g/mol. The summed E-state index contributed by atoms with van der Waals surface area (Å²) in [6.45, 7) is 10.7. The summed E-state index contributed by atoms with van der Waals surface area (Å²) < 4.78 is 10.7. The van der Waals surface area contributed by atoms with Crippen molar-refractivity contribution in [2.75, 3.05) is 13.9 Å². The minimum absolute atomic E-state index is 0.0248. The van der Waals surface area contributed by atoms with Crippen LogP contribution in [0.5, 0.6) is 0 Å². The van der Waals surface area contributed by atoms with Crippen LogP contribution >= 0.6 is 0 Å². The molecule has 0 heterocycles. The van der Waals surface area contributed by atoms with Crippen molar-refractivity contribution in [3.63, 3.8) is 0 Å². The first-order valence-electron chi connectivity index (χ1n) is 9.22. The van der Waals surface area contributed by atoms with E-state index in [2.05, 4.69) is 32.6 Å². The molecule has 0 fully saturated rings. The lowest BCUT2D eigenvalue weighted by Gasteiger charge is -2.32. The molecule has 3 heteroatoms. The van der Waals surface area contributed by atoms with E-state index in [-0.39, 0.29) is 24.7 Å². The second-order valence-electron chi connectivity index (χ2n) is 6.91. The van der Waals surface area contributed by atoms with Gasteiger partial charge in [0.1, 0.15) is 6.79 Å². The zero-order chi connectivity index (χ0) is 17.7. The van der Waals surface area contributed by atoms with E-state index in [1.807, 2.05) is 13.8 Å². The summed E-state index contributed by atoms with van der Waals surface area (Å²) in [7, 11) is 1.62. The predicted octanol–water partition coefficient (Wildman–Crippen LogP) is 4.63. The van der Waals surface area contributed by atoms with Crippen molar-refractivity contribution in [2.24, 2.45) is 17.8 Å². The topological polar surface area (TPSA) is 38.7 Å². The van der Waals surface area contributed by atoms with Crippen molar-refractivity contribution in [2.45, 2.75) is 85.4 Å². The highest BCUT2D eigenvalue weighted by Crippen LogP contribution is 2.24. The summed E-state index contributed by atoms with van der Waals surface area (Å²) in [5.74, 6) is 6.77. The van der Waals surface area contributed by atoms with Gasteiger partial charge in [-0.3, -0.25) is 0 Å². The Bertz CT molecular complexity index is 330. The van der Waals surface area contributed by atoms with Gasteiger partial charge in [-0.2, -0.15) is 0 Å². The summed E-state index contributed by atoms with van der Waals surface area (Å²) in [5.41, 5.74) is 0. The molecule has 23 heavy (non-hydrogen) atoms. The Hall–Kier alpha value is -0.560. The molecule has 3 nitrogen and oxygen atoms in total. The molecular weight excluding hydrogens is 288 g/mol. The van der Waals surface area contributed by atoms with Crippen molar-refractivity contribution in [1.82, 2.24) is 0 Å². The van der Waals surface area contributed by atoms with Gasteiger partial charge in [-0.15, -0.1) is 5.92 Å². The van der Waals surface area contributed by atoms with Gasteiger partial charge >= 0.3 is 0 Å². The third-order valence-electron chi connectivity index (χ3n) is 4.34. The van der Waals surface area contributed by atoms with Gasteiger partial charge in [0, 0.05) is 25.4 Å². The van der Waals surface area contributed by atoms with E-state index in [4.69, 9.17) is 9.47 Å². The van der Waals surface area contributed by atoms with E-state index < -0.39 is 6.10 Å². The molecule has 0 aliphatic heterocycles. The summed E-state index contributed by atoms with van der Waals surface area (Å²) >= 11 is 0. The maximum Gasteiger partial charge on any atom is 0.146 e. The smallest absolute Gasteiger partial charge is 0.146 e. The molecule has 0 radical (unpaired) electrons. The molecule has 1 N–H and O–H groups in total. The van der Waals surface area contributed by atoms with E-state index >= 15 is 0 Å². The highest BCUT2D eigenvalue weighted by Gasteiger charge is 2.30. The molecule has 4 atom stereocenters. The van der Waals surface area contributed by atoms with Crippen molar-refractivity contribution >= 4 is 0 Å². The summed E-state index contributed by atoms with van der Waals surface area (Å²) in [6.07, 6.45) is 6.75. The van der Waals surface area contributed by atoms with Crippen LogP contribution in [0.25, 0.3) is 0 Å². The first-order valence-corrected chi connectivity index (χ1v) is 9.22. The lowest BCUT2D eigenvalue weighted by atomic mass is 9.85. The van der Waals surface area contributed by atoms with E-state index in [0.29, 0.717) is 5.92 Å². The third kappa shape index (κ3) is 10.0. The van der Waals surface area contributed by atoms with Crippen LogP contribution < -0.4 is 0 Å². The maximum absolute atomic E-state index is 10.6. The quantitative estimate of drug-likeness (QED) is 0.323. The van der Waals surface area contributed by atoms with Crippen LogP contribution in [-0.4, -0.2) is 31.2 Å². The number of methoxy groups -OCH3 is 1. The Labute approximate surface area is 144 Å². The molecule has 0 saturated carbocycles. The number of aliphatic hydroxyl groups excluding tert-OH is 1. The number of ether oxygens (including phenoxy) is 2. The number of hydrogen-bond donors (Lipinski definition) is 1. The van der Waals surface area contributed by atoms with Crippen molar-refractivity contribution in [3.05, 3.63) is 0 Å². The molecule has 0 aromatic carbocycles. The van der Waals surface area contributed by atoms with E-state index in [0.717, 1.165) is 12.8 Å². The standard InChI is InChI=1S/C20H38O3/c1-7-8-9-10-11-12-13-14-17(4)19(21)18(5)20(16(2)3)23-15-22-6/h16-21H,7-12,15H2,1-6H3/t17-,18+,19-,20-/m0/s1. The van der Waals surface area contributed by atoms with Crippen molar-refractivity contribution in [3.8, 4) is 11.8 Å². The molecule has 0 saturated heterocycles. The Kier molecular flexibility index (Phi) is 13.5. The second kappa shape index (κ2) is 13.8. The van der Waals surface area contributed by atoms with Crippen LogP contribution in [0.2, 0.25) is 0 Å². The fraction of sp³-hybridized carbons (Fsp3) is 0.900. The molecule has 0 bridgehead atoms. The highest BCUT2D eigenvalue weighted by molar-refractivity contribution is 5.05. The monoisotopic (exact) mass is 326 g/mol. The minimum Gasteiger partial charge on any atom is -0.391 e. The highest BCUT2D eigenvalue weighted by atomic mass is 16.7. The van der Waals surface area contributed by atoms with E-state index in [9.17, 15) is 5.11 Å². The van der Waals surface area contributed by atoms with Gasteiger partial charge in [0.25, 0.3) is 0 Å². The molecule has 0 aromatic rings. The maximum atomic E-state index is 10.6. The molecule has 0 spiro atoms. The number of hydrogen-bond acceptors (Lipinski definition) is 3. The normalized spacial score (nSPS) is 16.5. The first kappa shape index (κ1) is 22.4. The van der Waals surface area contributed by atoms with Crippen molar-refractivity contribution < 1.29 is 14.6 Å².